The van der Waals surface area contributed by atoms with Crippen molar-refractivity contribution in [1.29, 1.82) is 0 Å². The molecule has 1 saturated carbocycles. The molecule has 2 unspecified atom stereocenters. The van der Waals surface area contributed by atoms with Crippen LogP contribution in [0.4, 0.5) is 0 Å². The number of aliphatic carboxylic acids is 1. The van der Waals surface area contributed by atoms with Gasteiger partial charge in [-0.25, -0.2) is 0 Å². The van der Waals surface area contributed by atoms with Crippen molar-refractivity contribution in [3.8, 4) is 0 Å². The minimum atomic E-state index is -0.827. The van der Waals surface area contributed by atoms with Gasteiger partial charge in [-0.2, -0.15) is 0 Å². The number of carboxylic acid groups (broad SMARTS) is 1. The van der Waals surface area contributed by atoms with Crippen LogP contribution in [-0.2, 0) is 9.59 Å². The molecule has 0 radical (unpaired) electrons. The number of carbonyl (C=O) groups excluding carboxylic acids is 1. The van der Waals surface area contributed by atoms with Crippen molar-refractivity contribution in [2.45, 2.75) is 52.5 Å². The van der Waals surface area contributed by atoms with E-state index < -0.39 is 11.9 Å². The van der Waals surface area contributed by atoms with Crippen molar-refractivity contribution in [3.63, 3.8) is 0 Å². The topological polar surface area (TPSA) is 57.6 Å². The molecule has 1 N–H and O–H groups in total. The van der Waals surface area contributed by atoms with E-state index in [4.69, 9.17) is 5.11 Å². The summed E-state index contributed by atoms with van der Waals surface area (Å²) < 4.78 is 0. The van der Waals surface area contributed by atoms with E-state index in [9.17, 15) is 9.59 Å². The van der Waals surface area contributed by atoms with Crippen molar-refractivity contribution in [2.24, 2.45) is 11.8 Å². The number of amides is 1. The average molecular weight is 241 g/mol. The number of carboxylic acids is 1. The molecule has 0 aromatic carbocycles. The van der Waals surface area contributed by atoms with Crippen molar-refractivity contribution < 1.29 is 14.7 Å². The highest BCUT2D eigenvalue weighted by Crippen LogP contribution is 2.29. The van der Waals surface area contributed by atoms with Crippen LogP contribution in [0.3, 0.4) is 0 Å². The van der Waals surface area contributed by atoms with Crippen LogP contribution in [0.15, 0.2) is 0 Å². The summed E-state index contributed by atoms with van der Waals surface area (Å²) in [6.07, 6.45) is 3.91. The summed E-state index contributed by atoms with van der Waals surface area (Å²) in [7, 11) is 0. The fraction of sp³-hybridized carbons (Fsp3) is 0.846. The maximum Gasteiger partial charge on any atom is 0.308 e. The zero-order valence-electron chi connectivity index (χ0n) is 11.0. The van der Waals surface area contributed by atoms with E-state index in [-0.39, 0.29) is 11.8 Å². The Morgan fingerprint density at radius 3 is 2.29 bits per heavy atom. The standard InChI is InChI=1S/C13H23NO3/c1-4-5-9(2)12(15)14(11-6-7-11)8-10(3)13(16)17/h9-11H,4-8H2,1-3H3,(H,16,17). The highest BCUT2D eigenvalue weighted by molar-refractivity contribution is 5.80. The molecule has 0 spiro atoms. The molecular formula is C13H23NO3. The van der Waals surface area contributed by atoms with Gasteiger partial charge in [0.25, 0.3) is 0 Å². The van der Waals surface area contributed by atoms with Gasteiger partial charge in [-0.1, -0.05) is 27.2 Å². The Kier molecular flexibility index (Phi) is 4.97. The molecule has 2 atom stereocenters. The summed E-state index contributed by atoms with van der Waals surface area (Å²) in [4.78, 5) is 24.9. The van der Waals surface area contributed by atoms with E-state index in [1.165, 1.54) is 0 Å². The maximum absolute atomic E-state index is 12.2. The van der Waals surface area contributed by atoms with Gasteiger partial charge in [-0.05, 0) is 19.3 Å². The molecule has 0 aromatic heterocycles. The molecule has 1 aliphatic rings. The van der Waals surface area contributed by atoms with E-state index in [0.29, 0.717) is 12.6 Å². The molecule has 17 heavy (non-hydrogen) atoms. The highest BCUT2D eigenvalue weighted by Gasteiger charge is 2.35. The number of nitrogens with zero attached hydrogens (tertiary/aromatic N) is 1. The minimum Gasteiger partial charge on any atom is -0.481 e. The van der Waals surface area contributed by atoms with Gasteiger partial charge >= 0.3 is 5.97 Å². The lowest BCUT2D eigenvalue weighted by molar-refractivity contribution is -0.144. The zero-order chi connectivity index (χ0) is 13.0. The maximum atomic E-state index is 12.2. The number of hydrogen-bond acceptors (Lipinski definition) is 2. The van der Waals surface area contributed by atoms with Crippen LogP contribution >= 0.6 is 0 Å². The van der Waals surface area contributed by atoms with Crippen LogP contribution in [0.1, 0.15) is 46.5 Å². The monoisotopic (exact) mass is 241 g/mol. The highest BCUT2D eigenvalue weighted by atomic mass is 16.4. The smallest absolute Gasteiger partial charge is 0.308 e. The van der Waals surface area contributed by atoms with Crippen molar-refractivity contribution in [2.75, 3.05) is 6.54 Å². The van der Waals surface area contributed by atoms with E-state index in [1.807, 2.05) is 6.92 Å². The first kappa shape index (κ1) is 14.0. The number of carbonyl (C=O) groups is 2. The summed E-state index contributed by atoms with van der Waals surface area (Å²) in [6, 6.07) is 0.295. The Labute approximate surface area is 103 Å². The van der Waals surface area contributed by atoms with Crippen LogP contribution in [0.25, 0.3) is 0 Å². The van der Waals surface area contributed by atoms with Gasteiger partial charge in [0.2, 0.25) is 5.91 Å². The van der Waals surface area contributed by atoms with E-state index in [2.05, 4.69) is 6.92 Å². The molecule has 1 fully saturated rings. The second kappa shape index (κ2) is 6.03. The summed E-state index contributed by atoms with van der Waals surface area (Å²) in [5, 5.41) is 8.92. The number of hydrogen-bond donors (Lipinski definition) is 1. The molecule has 98 valence electrons. The van der Waals surface area contributed by atoms with Crippen LogP contribution in [0.2, 0.25) is 0 Å². The molecule has 0 aliphatic heterocycles. The molecule has 4 heteroatoms. The van der Waals surface area contributed by atoms with Gasteiger partial charge in [0.1, 0.15) is 0 Å². The Morgan fingerprint density at radius 1 is 1.29 bits per heavy atom. The largest absolute Gasteiger partial charge is 0.481 e. The summed E-state index contributed by atoms with van der Waals surface area (Å²) in [5.74, 6) is -1.16. The zero-order valence-corrected chi connectivity index (χ0v) is 11.0. The van der Waals surface area contributed by atoms with E-state index in [0.717, 1.165) is 25.7 Å². The Balaban J connectivity index is 2.59. The molecule has 1 aliphatic carbocycles. The lowest BCUT2D eigenvalue weighted by Gasteiger charge is -2.27. The third kappa shape index (κ3) is 4.02. The quantitative estimate of drug-likeness (QED) is 0.743. The lowest BCUT2D eigenvalue weighted by Crippen LogP contribution is -2.41. The molecule has 0 bridgehead atoms. The first-order chi connectivity index (χ1) is 7.97. The summed E-state index contributed by atoms with van der Waals surface area (Å²) >= 11 is 0. The molecular weight excluding hydrogens is 218 g/mol. The van der Waals surface area contributed by atoms with E-state index >= 15 is 0 Å². The molecule has 0 saturated heterocycles. The normalized spacial score (nSPS) is 18.5. The van der Waals surface area contributed by atoms with Crippen molar-refractivity contribution >= 4 is 11.9 Å². The lowest BCUT2D eigenvalue weighted by atomic mass is 10.0. The number of rotatable bonds is 7. The second-order valence-electron chi connectivity index (χ2n) is 5.15. The Hall–Kier alpha value is -1.06. The van der Waals surface area contributed by atoms with Gasteiger partial charge < -0.3 is 10.0 Å². The predicted molar refractivity (Wildman–Crippen MR) is 65.6 cm³/mol. The third-order valence-electron chi connectivity index (χ3n) is 3.31. The van der Waals surface area contributed by atoms with Gasteiger partial charge in [0, 0.05) is 18.5 Å². The molecule has 0 aromatic rings. The predicted octanol–water partition coefficient (Wildman–Crippen LogP) is 2.13. The van der Waals surface area contributed by atoms with Gasteiger partial charge in [0.05, 0.1) is 5.92 Å². The van der Waals surface area contributed by atoms with Crippen LogP contribution in [0, 0.1) is 11.8 Å². The van der Waals surface area contributed by atoms with Gasteiger partial charge in [0.15, 0.2) is 0 Å². The first-order valence-electron chi connectivity index (χ1n) is 6.50. The summed E-state index contributed by atoms with van der Waals surface area (Å²) in [5.41, 5.74) is 0. The second-order valence-corrected chi connectivity index (χ2v) is 5.15. The fourth-order valence-electron chi connectivity index (χ4n) is 2.02. The fourth-order valence-corrected chi connectivity index (χ4v) is 2.02. The van der Waals surface area contributed by atoms with Gasteiger partial charge in [-0.3, -0.25) is 9.59 Å². The molecule has 0 heterocycles. The molecule has 1 amide bonds. The van der Waals surface area contributed by atoms with E-state index in [1.54, 1.807) is 11.8 Å². The Bertz CT molecular complexity index is 286. The SMILES string of the molecule is CCCC(C)C(=O)N(CC(C)C(=O)O)C1CC1. The molecule has 1 rings (SSSR count). The third-order valence-corrected chi connectivity index (χ3v) is 3.31. The van der Waals surface area contributed by atoms with Crippen LogP contribution in [0.5, 0.6) is 0 Å². The van der Waals surface area contributed by atoms with Crippen molar-refractivity contribution in [1.82, 2.24) is 4.90 Å². The molecule has 4 nitrogen and oxygen atoms in total. The van der Waals surface area contributed by atoms with Crippen LogP contribution in [-0.4, -0.2) is 34.5 Å². The van der Waals surface area contributed by atoms with Crippen LogP contribution < -0.4 is 0 Å². The minimum absolute atomic E-state index is 0.0154. The Morgan fingerprint density at radius 2 is 1.88 bits per heavy atom. The van der Waals surface area contributed by atoms with Gasteiger partial charge in [-0.15, -0.1) is 0 Å². The van der Waals surface area contributed by atoms with Crippen molar-refractivity contribution in [3.05, 3.63) is 0 Å². The first-order valence-corrected chi connectivity index (χ1v) is 6.50. The summed E-state index contributed by atoms with van der Waals surface area (Å²) in [6.45, 7) is 6.01. The average Bonchev–Trinajstić information content (AvgIpc) is 3.08.